The van der Waals surface area contributed by atoms with Gasteiger partial charge in [0.2, 0.25) is 0 Å². The van der Waals surface area contributed by atoms with E-state index in [4.69, 9.17) is 0 Å². The molecule has 0 bridgehead atoms. The minimum absolute atomic E-state index is 0.119. The van der Waals surface area contributed by atoms with Gasteiger partial charge < -0.3 is 14.9 Å². The Bertz CT molecular complexity index is 895. The summed E-state index contributed by atoms with van der Waals surface area (Å²) in [5.41, 5.74) is 2.63. The Morgan fingerprint density at radius 2 is 1.89 bits per heavy atom. The number of aliphatic hydroxyl groups is 1. The SMILES string of the molecule is Cc1n[nH]c(C)c1/C(O)=C1\C(=O)C(=O)N(CCCN(C)C)[C@@H]1c1ccccc1. The highest BCUT2D eigenvalue weighted by atomic mass is 16.3. The third-order valence-corrected chi connectivity index (χ3v) is 5.02. The molecular formula is C21H26N4O3. The molecular weight excluding hydrogens is 356 g/mol. The van der Waals surface area contributed by atoms with Crippen molar-refractivity contribution < 1.29 is 14.7 Å². The Morgan fingerprint density at radius 3 is 2.46 bits per heavy atom. The number of aryl methyl sites for hydroxylation is 2. The van der Waals surface area contributed by atoms with Crippen LogP contribution in [0.1, 0.15) is 35.0 Å². The molecule has 2 aromatic rings. The van der Waals surface area contributed by atoms with Crippen LogP contribution in [0.15, 0.2) is 35.9 Å². The van der Waals surface area contributed by atoms with Crippen molar-refractivity contribution in [2.75, 3.05) is 27.2 Å². The molecule has 28 heavy (non-hydrogen) atoms. The summed E-state index contributed by atoms with van der Waals surface area (Å²) in [6.07, 6.45) is 0.729. The second-order valence-electron chi connectivity index (χ2n) is 7.37. The molecule has 7 nitrogen and oxygen atoms in total. The highest BCUT2D eigenvalue weighted by molar-refractivity contribution is 6.46. The Hall–Kier alpha value is -2.93. The van der Waals surface area contributed by atoms with Gasteiger partial charge in [0.05, 0.1) is 22.9 Å². The van der Waals surface area contributed by atoms with Gasteiger partial charge in [0.1, 0.15) is 5.76 Å². The van der Waals surface area contributed by atoms with Crippen molar-refractivity contribution in [2.24, 2.45) is 0 Å². The summed E-state index contributed by atoms with van der Waals surface area (Å²) in [5, 5.41) is 18.0. The number of nitrogens with zero attached hydrogens (tertiary/aromatic N) is 3. The zero-order valence-corrected chi connectivity index (χ0v) is 16.7. The molecule has 0 radical (unpaired) electrons. The topological polar surface area (TPSA) is 89.5 Å². The van der Waals surface area contributed by atoms with Gasteiger partial charge in [-0.2, -0.15) is 5.10 Å². The molecule has 1 aromatic carbocycles. The number of carbonyl (C=O) groups is 2. The molecule has 0 aliphatic carbocycles. The van der Waals surface area contributed by atoms with Crippen molar-refractivity contribution in [1.82, 2.24) is 20.0 Å². The Morgan fingerprint density at radius 1 is 1.21 bits per heavy atom. The average molecular weight is 382 g/mol. The first-order valence-corrected chi connectivity index (χ1v) is 9.33. The smallest absolute Gasteiger partial charge is 0.295 e. The number of likely N-dealkylation sites (tertiary alicyclic amines) is 1. The van der Waals surface area contributed by atoms with Crippen molar-refractivity contribution in [1.29, 1.82) is 0 Å². The number of aliphatic hydroxyl groups excluding tert-OH is 1. The third-order valence-electron chi connectivity index (χ3n) is 5.02. The Balaban J connectivity index is 2.10. The summed E-state index contributed by atoms with van der Waals surface area (Å²) < 4.78 is 0. The second-order valence-corrected chi connectivity index (χ2v) is 7.37. The molecule has 1 aliphatic heterocycles. The molecule has 1 amide bonds. The fourth-order valence-electron chi connectivity index (χ4n) is 3.68. The van der Waals surface area contributed by atoms with E-state index in [9.17, 15) is 14.7 Å². The normalized spacial score (nSPS) is 19.0. The fourth-order valence-corrected chi connectivity index (χ4v) is 3.68. The van der Waals surface area contributed by atoms with Crippen LogP contribution in [0.2, 0.25) is 0 Å². The lowest BCUT2D eigenvalue weighted by Gasteiger charge is -2.26. The molecule has 2 N–H and O–H groups in total. The number of hydrogen-bond acceptors (Lipinski definition) is 5. The fraction of sp³-hybridized carbons (Fsp3) is 0.381. The summed E-state index contributed by atoms with van der Waals surface area (Å²) >= 11 is 0. The van der Waals surface area contributed by atoms with Gasteiger partial charge in [-0.15, -0.1) is 0 Å². The maximum atomic E-state index is 12.9. The molecule has 1 atom stereocenters. The Labute approximate surface area is 164 Å². The second kappa shape index (κ2) is 7.98. The van der Waals surface area contributed by atoms with Crippen LogP contribution >= 0.6 is 0 Å². The minimum atomic E-state index is -0.656. The van der Waals surface area contributed by atoms with Gasteiger partial charge in [-0.25, -0.2) is 0 Å². The van der Waals surface area contributed by atoms with Gasteiger partial charge >= 0.3 is 0 Å². The van der Waals surface area contributed by atoms with E-state index in [0.717, 1.165) is 18.5 Å². The molecule has 0 spiro atoms. The number of nitrogens with one attached hydrogen (secondary N) is 1. The number of carbonyl (C=O) groups excluding carboxylic acids is 2. The van der Waals surface area contributed by atoms with E-state index in [2.05, 4.69) is 10.2 Å². The third kappa shape index (κ3) is 3.57. The number of aromatic amines is 1. The molecule has 1 aromatic heterocycles. The molecule has 1 fully saturated rings. The van der Waals surface area contributed by atoms with E-state index in [-0.39, 0.29) is 11.3 Å². The van der Waals surface area contributed by atoms with E-state index in [1.807, 2.05) is 49.3 Å². The van der Waals surface area contributed by atoms with Crippen LogP contribution in [0, 0.1) is 13.8 Å². The van der Waals surface area contributed by atoms with E-state index >= 15 is 0 Å². The van der Waals surface area contributed by atoms with Crippen molar-refractivity contribution in [3.05, 3.63) is 58.4 Å². The summed E-state index contributed by atoms with van der Waals surface area (Å²) in [6, 6.07) is 8.74. The lowest BCUT2D eigenvalue weighted by molar-refractivity contribution is -0.139. The summed E-state index contributed by atoms with van der Waals surface area (Å²) in [7, 11) is 3.93. The zero-order chi connectivity index (χ0) is 20.4. The first kappa shape index (κ1) is 19.8. The van der Waals surface area contributed by atoms with Crippen LogP contribution in [-0.2, 0) is 9.59 Å². The number of Topliss-reactive ketones (excluding diaryl/α,β-unsaturated/α-hetero) is 1. The summed E-state index contributed by atoms with van der Waals surface area (Å²) in [4.78, 5) is 29.3. The Kier molecular flexibility index (Phi) is 5.65. The van der Waals surface area contributed by atoms with E-state index < -0.39 is 17.7 Å². The van der Waals surface area contributed by atoms with E-state index in [0.29, 0.717) is 23.5 Å². The molecule has 1 saturated heterocycles. The average Bonchev–Trinajstić information content (AvgIpc) is 3.12. The first-order valence-electron chi connectivity index (χ1n) is 9.33. The van der Waals surface area contributed by atoms with E-state index in [1.165, 1.54) is 0 Å². The summed E-state index contributed by atoms with van der Waals surface area (Å²) in [5.74, 6) is -1.41. The van der Waals surface area contributed by atoms with Gasteiger partial charge in [-0.05, 0) is 46.5 Å². The largest absolute Gasteiger partial charge is 0.507 e. The van der Waals surface area contributed by atoms with Gasteiger partial charge in [0.15, 0.2) is 0 Å². The van der Waals surface area contributed by atoms with Crippen LogP contribution in [0.5, 0.6) is 0 Å². The molecule has 0 unspecified atom stereocenters. The quantitative estimate of drug-likeness (QED) is 0.455. The van der Waals surface area contributed by atoms with Gasteiger partial charge in [-0.3, -0.25) is 14.7 Å². The predicted octanol–water partition coefficient (Wildman–Crippen LogP) is 2.40. The number of hydrogen-bond donors (Lipinski definition) is 2. The maximum Gasteiger partial charge on any atom is 0.295 e. The van der Waals surface area contributed by atoms with Crippen LogP contribution < -0.4 is 0 Å². The highest BCUT2D eigenvalue weighted by Crippen LogP contribution is 2.40. The van der Waals surface area contributed by atoms with Gasteiger partial charge in [0, 0.05) is 12.2 Å². The van der Waals surface area contributed by atoms with Crippen LogP contribution in [-0.4, -0.2) is 64.0 Å². The number of ketones is 1. The molecule has 1 aliphatic rings. The van der Waals surface area contributed by atoms with Crippen molar-refractivity contribution in [3.8, 4) is 0 Å². The number of H-pyrrole nitrogens is 1. The zero-order valence-electron chi connectivity index (χ0n) is 16.7. The minimum Gasteiger partial charge on any atom is -0.507 e. The molecule has 148 valence electrons. The predicted molar refractivity (Wildman–Crippen MR) is 107 cm³/mol. The van der Waals surface area contributed by atoms with Crippen LogP contribution in [0.25, 0.3) is 5.76 Å². The molecule has 7 heteroatoms. The first-order chi connectivity index (χ1) is 13.3. The standard InChI is InChI=1S/C21H26N4O3/c1-13-16(14(2)23-22-13)19(26)17-18(15-9-6-5-7-10-15)25(21(28)20(17)27)12-8-11-24(3)4/h5-7,9-10,18,26H,8,11-12H2,1-4H3,(H,22,23)/b19-17+/t18-/m1/s1. The number of benzene rings is 1. The number of rotatable bonds is 6. The maximum absolute atomic E-state index is 12.9. The lowest BCUT2D eigenvalue weighted by atomic mass is 9.94. The van der Waals surface area contributed by atoms with Crippen molar-refractivity contribution in [3.63, 3.8) is 0 Å². The molecule has 2 heterocycles. The summed E-state index contributed by atoms with van der Waals surface area (Å²) in [6.45, 7) is 4.76. The lowest BCUT2D eigenvalue weighted by Crippen LogP contribution is -2.32. The van der Waals surface area contributed by atoms with E-state index in [1.54, 1.807) is 18.7 Å². The van der Waals surface area contributed by atoms with Gasteiger partial charge in [-0.1, -0.05) is 30.3 Å². The molecule has 0 saturated carbocycles. The van der Waals surface area contributed by atoms with Crippen molar-refractivity contribution >= 4 is 17.4 Å². The van der Waals surface area contributed by atoms with Crippen LogP contribution in [0.4, 0.5) is 0 Å². The van der Waals surface area contributed by atoms with Crippen LogP contribution in [0.3, 0.4) is 0 Å². The monoisotopic (exact) mass is 382 g/mol. The molecule has 3 rings (SSSR count). The highest BCUT2D eigenvalue weighted by Gasteiger charge is 2.46. The number of amides is 1. The number of aromatic nitrogens is 2. The van der Waals surface area contributed by atoms with Crippen molar-refractivity contribution in [2.45, 2.75) is 26.3 Å². The van der Waals surface area contributed by atoms with Gasteiger partial charge in [0.25, 0.3) is 11.7 Å².